The summed E-state index contributed by atoms with van der Waals surface area (Å²) >= 11 is 0. The molecular formula is C14H19N3O2. The number of rotatable bonds is 5. The van der Waals surface area contributed by atoms with Crippen LogP contribution in [0.3, 0.4) is 0 Å². The van der Waals surface area contributed by atoms with Crippen molar-refractivity contribution < 1.29 is 9.47 Å². The molecule has 5 heteroatoms. The van der Waals surface area contributed by atoms with E-state index in [0.717, 1.165) is 28.6 Å². The molecule has 1 heterocycles. The fourth-order valence-electron chi connectivity index (χ4n) is 1.97. The SMILES string of the molecule is COc1ccc(OC)c(NCc2cc(C)nn2C)c1. The van der Waals surface area contributed by atoms with Crippen molar-refractivity contribution in [2.45, 2.75) is 13.5 Å². The molecule has 0 unspecified atom stereocenters. The van der Waals surface area contributed by atoms with E-state index in [-0.39, 0.29) is 0 Å². The molecule has 0 amide bonds. The molecule has 102 valence electrons. The molecule has 0 bridgehead atoms. The van der Waals surface area contributed by atoms with E-state index in [1.54, 1.807) is 14.2 Å². The Labute approximate surface area is 113 Å². The van der Waals surface area contributed by atoms with E-state index in [4.69, 9.17) is 9.47 Å². The molecule has 1 aromatic carbocycles. The van der Waals surface area contributed by atoms with E-state index in [0.29, 0.717) is 6.54 Å². The number of ether oxygens (including phenoxy) is 2. The maximum Gasteiger partial charge on any atom is 0.142 e. The van der Waals surface area contributed by atoms with Gasteiger partial charge < -0.3 is 14.8 Å². The van der Waals surface area contributed by atoms with E-state index in [2.05, 4.69) is 16.5 Å². The van der Waals surface area contributed by atoms with Crippen LogP contribution in [0.1, 0.15) is 11.4 Å². The molecule has 1 N–H and O–H groups in total. The summed E-state index contributed by atoms with van der Waals surface area (Å²) in [6.45, 7) is 2.66. The molecule has 0 aliphatic heterocycles. The summed E-state index contributed by atoms with van der Waals surface area (Å²) in [6, 6.07) is 7.73. The lowest BCUT2D eigenvalue weighted by Gasteiger charge is -2.12. The molecule has 0 aliphatic carbocycles. The number of nitrogens with zero attached hydrogens (tertiary/aromatic N) is 2. The highest BCUT2D eigenvalue weighted by molar-refractivity contribution is 5.59. The molecule has 5 nitrogen and oxygen atoms in total. The summed E-state index contributed by atoms with van der Waals surface area (Å²) in [6.07, 6.45) is 0. The largest absolute Gasteiger partial charge is 0.497 e. The van der Waals surface area contributed by atoms with Crippen LogP contribution in [0.25, 0.3) is 0 Å². The van der Waals surface area contributed by atoms with Crippen molar-refractivity contribution in [1.29, 1.82) is 0 Å². The smallest absolute Gasteiger partial charge is 0.142 e. The van der Waals surface area contributed by atoms with E-state index in [1.807, 2.05) is 36.9 Å². The van der Waals surface area contributed by atoms with Gasteiger partial charge in [-0.25, -0.2) is 0 Å². The Morgan fingerprint density at radius 1 is 1.21 bits per heavy atom. The molecule has 2 aromatic rings. The molecule has 0 radical (unpaired) electrons. The number of aromatic nitrogens is 2. The van der Waals surface area contributed by atoms with Gasteiger partial charge in [0.05, 0.1) is 37.8 Å². The van der Waals surface area contributed by atoms with Gasteiger partial charge in [0, 0.05) is 13.1 Å². The maximum atomic E-state index is 5.33. The Kier molecular flexibility index (Phi) is 3.94. The van der Waals surface area contributed by atoms with Gasteiger partial charge >= 0.3 is 0 Å². The molecular weight excluding hydrogens is 242 g/mol. The second-order valence-corrected chi connectivity index (χ2v) is 4.32. The molecule has 0 fully saturated rings. The van der Waals surface area contributed by atoms with Gasteiger partial charge in [0.2, 0.25) is 0 Å². The molecule has 0 spiro atoms. The quantitative estimate of drug-likeness (QED) is 0.897. The van der Waals surface area contributed by atoms with Crippen LogP contribution in [-0.4, -0.2) is 24.0 Å². The lowest BCUT2D eigenvalue weighted by atomic mass is 10.2. The fraction of sp³-hybridized carbons (Fsp3) is 0.357. The van der Waals surface area contributed by atoms with E-state index < -0.39 is 0 Å². The molecule has 0 saturated carbocycles. The number of nitrogens with one attached hydrogen (secondary N) is 1. The number of aryl methyl sites for hydroxylation is 2. The van der Waals surface area contributed by atoms with E-state index >= 15 is 0 Å². The first-order valence-electron chi connectivity index (χ1n) is 6.09. The lowest BCUT2D eigenvalue weighted by molar-refractivity contribution is 0.404. The first-order chi connectivity index (χ1) is 9.13. The van der Waals surface area contributed by atoms with Crippen molar-refractivity contribution in [1.82, 2.24) is 9.78 Å². The van der Waals surface area contributed by atoms with E-state index in [1.165, 1.54) is 0 Å². The van der Waals surface area contributed by atoms with Gasteiger partial charge in [-0.05, 0) is 25.1 Å². The highest BCUT2D eigenvalue weighted by Crippen LogP contribution is 2.29. The van der Waals surface area contributed by atoms with Crippen LogP contribution in [0, 0.1) is 6.92 Å². The standard InChI is InChI=1S/C14H19N3O2/c1-10-7-11(17(2)16-10)9-15-13-8-12(18-3)5-6-14(13)19-4/h5-8,15H,9H2,1-4H3. The normalized spacial score (nSPS) is 10.3. The monoisotopic (exact) mass is 261 g/mol. The van der Waals surface area contributed by atoms with Crippen LogP contribution >= 0.6 is 0 Å². The van der Waals surface area contributed by atoms with Crippen molar-refractivity contribution in [3.05, 3.63) is 35.7 Å². The highest BCUT2D eigenvalue weighted by Gasteiger charge is 2.06. The van der Waals surface area contributed by atoms with Crippen molar-refractivity contribution >= 4 is 5.69 Å². The maximum absolute atomic E-state index is 5.33. The Morgan fingerprint density at radius 3 is 2.58 bits per heavy atom. The zero-order valence-corrected chi connectivity index (χ0v) is 11.7. The van der Waals surface area contributed by atoms with Crippen molar-refractivity contribution in [3.8, 4) is 11.5 Å². The third-order valence-corrected chi connectivity index (χ3v) is 2.97. The average molecular weight is 261 g/mol. The van der Waals surface area contributed by atoms with Crippen molar-refractivity contribution in [2.24, 2.45) is 7.05 Å². The Morgan fingerprint density at radius 2 is 2.00 bits per heavy atom. The predicted octanol–water partition coefficient (Wildman–Crippen LogP) is 2.36. The fourth-order valence-corrected chi connectivity index (χ4v) is 1.97. The lowest BCUT2D eigenvalue weighted by Crippen LogP contribution is -2.06. The second kappa shape index (κ2) is 5.65. The van der Waals surface area contributed by atoms with E-state index in [9.17, 15) is 0 Å². The molecule has 0 saturated heterocycles. The van der Waals surface area contributed by atoms with Crippen molar-refractivity contribution in [3.63, 3.8) is 0 Å². The minimum atomic E-state index is 0.681. The Hall–Kier alpha value is -2.17. The molecule has 1 aromatic heterocycles. The van der Waals surface area contributed by atoms with Crippen LogP contribution in [-0.2, 0) is 13.6 Å². The topological polar surface area (TPSA) is 48.3 Å². The minimum absolute atomic E-state index is 0.681. The molecule has 19 heavy (non-hydrogen) atoms. The van der Waals surface area contributed by atoms with Gasteiger partial charge in [0.25, 0.3) is 0 Å². The van der Waals surface area contributed by atoms with Crippen LogP contribution in [0.15, 0.2) is 24.3 Å². The number of anilines is 1. The van der Waals surface area contributed by atoms with Crippen LogP contribution in [0.2, 0.25) is 0 Å². The minimum Gasteiger partial charge on any atom is -0.497 e. The third-order valence-electron chi connectivity index (χ3n) is 2.97. The zero-order valence-electron chi connectivity index (χ0n) is 11.7. The summed E-state index contributed by atoms with van der Waals surface area (Å²) in [7, 11) is 5.24. The number of methoxy groups -OCH3 is 2. The third kappa shape index (κ3) is 2.99. The summed E-state index contributed by atoms with van der Waals surface area (Å²) in [5, 5.41) is 7.66. The summed E-state index contributed by atoms with van der Waals surface area (Å²) < 4.78 is 12.4. The van der Waals surface area contributed by atoms with Gasteiger partial charge in [0.1, 0.15) is 11.5 Å². The zero-order chi connectivity index (χ0) is 13.8. The van der Waals surface area contributed by atoms with Gasteiger partial charge in [-0.1, -0.05) is 0 Å². The van der Waals surface area contributed by atoms with Gasteiger partial charge in [-0.3, -0.25) is 4.68 Å². The second-order valence-electron chi connectivity index (χ2n) is 4.32. The van der Waals surface area contributed by atoms with Crippen LogP contribution in [0.5, 0.6) is 11.5 Å². The Balaban J connectivity index is 2.16. The summed E-state index contributed by atoms with van der Waals surface area (Å²) in [5.74, 6) is 1.59. The molecule has 0 aliphatic rings. The van der Waals surface area contributed by atoms with Crippen molar-refractivity contribution in [2.75, 3.05) is 19.5 Å². The van der Waals surface area contributed by atoms with Gasteiger partial charge in [0.15, 0.2) is 0 Å². The number of hydrogen-bond donors (Lipinski definition) is 1. The predicted molar refractivity (Wildman–Crippen MR) is 74.8 cm³/mol. The summed E-state index contributed by atoms with van der Waals surface area (Å²) in [5.41, 5.74) is 3.03. The molecule has 2 rings (SSSR count). The first kappa shape index (κ1) is 13.3. The van der Waals surface area contributed by atoms with Gasteiger partial charge in [-0.2, -0.15) is 5.10 Å². The average Bonchev–Trinajstić information content (AvgIpc) is 2.74. The van der Waals surface area contributed by atoms with Gasteiger partial charge in [-0.15, -0.1) is 0 Å². The highest BCUT2D eigenvalue weighted by atomic mass is 16.5. The van der Waals surface area contributed by atoms with Crippen LogP contribution in [0.4, 0.5) is 5.69 Å². The number of hydrogen-bond acceptors (Lipinski definition) is 4. The summed E-state index contributed by atoms with van der Waals surface area (Å²) in [4.78, 5) is 0. The number of benzene rings is 1. The molecule has 0 atom stereocenters. The van der Waals surface area contributed by atoms with Crippen LogP contribution < -0.4 is 14.8 Å². The Bertz CT molecular complexity index is 564. The first-order valence-corrected chi connectivity index (χ1v) is 6.09.